The van der Waals surface area contributed by atoms with Crippen LogP contribution in [0.1, 0.15) is 12.5 Å². The summed E-state index contributed by atoms with van der Waals surface area (Å²) >= 11 is 0. The number of amides is 1. The maximum atomic E-state index is 12.3. The van der Waals surface area contributed by atoms with Crippen LogP contribution in [0.2, 0.25) is 0 Å². The van der Waals surface area contributed by atoms with Crippen molar-refractivity contribution in [1.82, 2.24) is 14.9 Å². The Kier molecular flexibility index (Phi) is 7.88. The molecule has 2 rings (SSSR count). The molecule has 0 aliphatic carbocycles. The fourth-order valence-corrected chi connectivity index (χ4v) is 3.48. The van der Waals surface area contributed by atoms with Crippen molar-refractivity contribution in [2.75, 3.05) is 33.8 Å². The van der Waals surface area contributed by atoms with Crippen LogP contribution in [0.5, 0.6) is 5.75 Å². The molecule has 0 spiro atoms. The third-order valence-corrected chi connectivity index (χ3v) is 5.38. The monoisotopic (exact) mass is 389 g/mol. The molecule has 7 nitrogen and oxygen atoms in total. The van der Waals surface area contributed by atoms with Gasteiger partial charge in [-0.25, -0.2) is 13.1 Å². The quantitative estimate of drug-likeness (QED) is 0.729. The van der Waals surface area contributed by atoms with Gasteiger partial charge in [0.2, 0.25) is 15.9 Å². The molecule has 1 aliphatic heterocycles. The summed E-state index contributed by atoms with van der Waals surface area (Å²) in [6.07, 6.45) is 3.09. The molecule has 9 heteroatoms. The molecule has 1 atom stereocenters. The SMILES string of the molecule is CNS(=O)(=O)c1cc(/C=C/C(=O)N2CCNCC2C)ccc1OC.Cl. The van der Waals surface area contributed by atoms with E-state index in [-0.39, 0.29) is 35.0 Å². The number of halogens is 1. The van der Waals surface area contributed by atoms with Gasteiger partial charge in [-0.05, 0) is 37.7 Å². The van der Waals surface area contributed by atoms with E-state index in [1.54, 1.807) is 23.1 Å². The fourth-order valence-electron chi connectivity index (χ4n) is 2.55. The molecule has 1 fully saturated rings. The van der Waals surface area contributed by atoms with Gasteiger partial charge in [0.05, 0.1) is 7.11 Å². The van der Waals surface area contributed by atoms with E-state index in [9.17, 15) is 13.2 Å². The van der Waals surface area contributed by atoms with Crippen molar-refractivity contribution >= 4 is 34.4 Å². The summed E-state index contributed by atoms with van der Waals surface area (Å²) in [5, 5.41) is 3.23. The summed E-state index contributed by atoms with van der Waals surface area (Å²) in [6.45, 7) is 4.19. The number of hydrogen-bond acceptors (Lipinski definition) is 5. The Morgan fingerprint density at radius 2 is 2.16 bits per heavy atom. The highest BCUT2D eigenvalue weighted by Crippen LogP contribution is 2.25. The van der Waals surface area contributed by atoms with Gasteiger partial charge in [0.15, 0.2) is 0 Å². The standard InChI is InChI=1S/C16H23N3O4S.ClH/c1-12-11-18-8-9-19(12)16(20)7-5-13-4-6-14(23-3)15(10-13)24(21,22)17-2;/h4-7,10,12,17-18H,8-9,11H2,1-3H3;1H/b7-5+;. The largest absolute Gasteiger partial charge is 0.495 e. The maximum Gasteiger partial charge on any atom is 0.246 e. The molecule has 1 heterocycles. The van der Waals surface area contributed by atoms with E-state index < -0.39 is 10.0 Å². The molecule has 2 N–H and O–H groups in total. The number of carbonyl (C=O) groups excluding carboxylic acids is 1. The van der Waals surface area contributed by atoms with Crippen molar-refractivity contribution in [3.63, 3.8) is 0 Å². The predicted octanol–water partition coefficient (Wildman–Crippen LogP) is 0.859. The van der Waals surface area contributed by atoms with E-state index in [0.717, 1.165) is 13.1 Å². The van der Waals surface area contributed by atoms with E-state index in [0.29, 0.717) is 12.1 Å². The van der Waals surface area contributed by atoms with E-state index >= 15 is 0 Å². The first-order valence-electron chi connectivity index (χ1n) is 7.70. The number of hydrogen-bond donors (Lipinski definition) is 2. The maximum absolute atomic E-state index is 12.3. The third-order valence-electron chi connectivity index (χ3n) is 3.95. The number of nitrogens with zero attached hydrogens (tertiary/aromatic N) is 1. The van der Waals surface area contributed by atoms with Gasteiger partial charge in [0, 0.05) is 31.8 Å². The van der Waals surface area contributed by atoms with Gasteiger partial charge in [0.25, 0.3) is 0 Å². The Balaban J connectivity index is 0.00000312. The zero-order chi connectivity index (χ0) is 17.7. The molecule has 25 heavy (non-hydrogen) atoms. The summed E-state index contributed by atoms with van der Waals surface area (Å²) < 4.78 is 31.5. The molecule has 0 aromatic heterocycles. The second-order valence-electron chi connectivity index (χ2n) is 5.54. The number of ether oxygens (including phenoxy) is 1. The normalized spacial score (nSPS) is 18.0. The van der Waals surface area contributed by atoms with Gasteiger partial charge in [-0.2, -0.15) is 0 Å². The Hall–Kier alpha value is -1.61. The summed E-state index contributed by atoms with van der Waals surface area (Å²) in [7, 11) is -0.892. The molecule has 1 unspecified atom stereocenters. The number of methoxy groups -OCH3 is 1. The van der Waals surface area contributed by atoms with E-state index in [1.807, 2.05) is 6.92 Å². The number of piperazine rings is 1. The van der Waals surface area contributed by atoms with Crippen molar-refractivity contribution in [2.24, 2.45) is 0 Å². The third kappa shape index (κ3) is 5.18. The van der Waals surface area contributed by atoms with E-state index in [1.165, 1.54) is 26.3 Å². The van der Waals surface area contributed by atoms with Gasteiger partial charge in [0.1, 0.15) is 10.6 Å². The lowest BCUT2D eigenvalue weighted by atomic mass is 10.1. The van der Waals surface area contributed by atoms with Crippen LogP contribution < -0.4 is 14.8 Å². The number of carbonyl (C=O) groups is 1. The summed E-state index contributed by atoms with van der Waals surface area (Å²) in [6, 6.07) is 4.89. The highest BCUT2D eigenvalue weighted by Gasteiger charge is 2.21. The molecule has 140 valence electrons. The van der Waals surface area contributed by atoms with Gasteiger partial charge in [-0.1, -0.05) is 6.07 Å². The van der Waals surface area contributed by atoms with Crippen LogP contribution in [0, 0.1) is 0 Å². The fraction of sp³-hybridized carbons (Fsp3) is 0.438. The van der Waals surface area contributed by atoms with E-state index in [2.05, 4.69) is 10.0 Å². The summed E-state index contributed by atoms with van der Waals surface area (Å²) in [5.41, 5.74) is 0.612. The molecular formula is C16H24ClN3O4S. The summed E-state index contributed by atoms with van der Waals surface area (Å²) in [4.78, 5) is 14.1. The van der Waals surface area contributed by atoms with Crippen LogP contribution >= 0.6 is 12.4 Å². The smallest absolute Gasteiger partial charge is 0.246 e. The Bertz CT molecular complexity index is 737. The Morgan fingerprint density at radius 3 is 2.76 bits per heavy atom. The van der Waals surface area contributed by atoms with Crippen LogP contribution in [0.15, 0.2) is 29.2 Å². The minimum atomic E-state index is -3.64. The molecule has 0 saturated carbocycles. The number of nitrogens with one attached hydrogen (secondary N) is 2. The van der Waals surface area contributed by atoms with Gasteiger partial charge in [-0.15, -0.1) is 12.4 Å². The minimum Gasteiger partial charge on any atom is -0.495 e. The van der Waals surface area contributed by atoms with Crippen molar-refractivity contribution in [3.05, 3.63) is 29.8 Å². The molecule has 1 saturated heterocycles. The zero-order valence-corrected chi connectivity index (χ0v) is 16.1. The topological polar surface area (TPSA) is 87.7 Å². The highest BCUT2D eigenvalue weighted by atomic mass is 35.5. The van der Waals surface area contributed by atoms with Crippen LogP contribution in [-0.2, 0) is 14.8 Å². The van der Waals surface area contributed by atoms with E-state index in [4.69, 9.17) is 4.74 Å². The minimum absolute atomic E-state index is 0. The lowest BCUT2D eigenvalue weighted by molar-refractivity contribution is -0.128. The van der Waals surface area contributed by atoms with Crippen molar-refractivity contribution in [2.45, 2.75) is 17.9 Å². The van der Waals surface area contributed by atoms with Crippen LogP contribution in [0.3, 0.4) is 0 Å². The highest BCUT2D eigenvalue weighted by molar-refractivity contribution is 7.89. The molecule has 1 aliphatic rings. The van der Waals surface area contributed by atoms with Crippen LogP contribution in [0.4, 0.5) is 0 Å². The second-order valence-corrected chi connectivity index (χ2v) is 7.39. The first kappa shape index (κ1) is 21.4. The number of benzene rings is 1. The van der Waals surface area contributed by atoms with Crippen LogP contribution in [0.25, 0.3) is 6.08 Å². The van der Waals surface area contributed by atoms with Gasteiger partial charge >= 0.3 is 0 Å². The first-order chi connectivity index (χ1) is 11.4. The number of sulfonamides is 1. The molecule has 0 radical (unpaired) electrons. The van der Waals surface area contributed by atoms with Crippen LogP contribution in [-0.4, -0.2) is 59.1 Å². The Labute approximate surface area is 154 Å². The van der Waals surface area contributed by atoms with Gasteiger partial charge in [-0.3, -0.25) is 4.79 Å². The molecule has 1 aromatic rings. The summed E-state index contributed by atoms with van der Waals surface area (Å²) in [5.74, 6) is 0.168. The molecule has 1 amide bonds. The molecule has 0 bridgehead atoms. The molecular weight excluding hydrogens is 366 g/mol. The predicted molar refractivity (Wildman–Crippen MR) is 99.6 cm³/mol. The van der Waals surface area contributed by atoms with Gasteiger partial charge < -0.3 is 15.0 Å². The van der Waals surface area contributed by atoms with Crippen molar-refractivity contribution in [3.8, 4) is 5.75 Å². The first-order valence-corrected chi connectivity index (χ1v) is 9.18. The Morgan fingerprint density at radius 1 is 1.44 bits per heavy atom. The average Bonchev–Trinajstić information content (AvgIpc) is 2.59. The number of rotatable bonds is 5. The van der Waals surface area contributed by atoms with Crippen molar-refractivity contribution in [1.29, 1.82) is 0 Å². The zero-order valence-electron chi connectivity index (χ0n) is 14.5. The lowest BCUT2D eigenvalue weighted by Gasteiger charge is -2.33. The second kappa shape index (κ2) is 9.19. The molecule has 1 aromatic carbocycles. The van der Waals surface area contributed by atoms with Crippen molar-refractivity contribution < 1.29 is 17.9 Å². The lowest BCUT2D eigenvalue weighted by Crippen LogP contribution is -2.51. The average molecular weight is 390 g/mol.